The lowest BCUT2D eigenvalue weighted by molar-refractivity contribution is 0.0786. The van der Waals surface area contributed by atoms with Crippen LogP contribution in [0.4, 0.5) is 5.69 Å². The molecule has 0 spiro atoms. The molecule has 0 saturated carbocycles. The molecule has 104 valence electrons. The zero-order valence-corrected chi connectivity index (χ0v) is 11.8. The number of carbonyl (C=O) groups is 1. The van der Waals surface area contributed by atoms with Gasteiger partial charge in [-0.3, -0.25) is 4.79 Å². The third-order valence-electron chi connectivity index (χ3n) is 3.78. The highest BCUT2D eigenvalue weighted by Crippen LogP contribution is 2.21. The van der Waals surface area contributed by atoms with Gasteiger partial charge in [-0.25, -0.2) is 0 Å². The highest BCUT2D eigenvalue weighted by atomic mass is 16.2. The molecule has 1 aromatic carbocycles. The highest BCUT2D eigenvalue weighted by molar-refractivity contribution is 5.94. The van der Waals surface area contributed by atoms with E-state index in [9.17, 15) is 4.79 Å². The van der Waals surface area contributed by atoms with E-state index in [0.717, 1.165) is 37.2 Å². The summed E-state index contributed by atoms with van der Waals surface area (Å²) in [6, 6.07) is 7.79. The van der Waals surface area contributed by atoms with E-state index in [0.29, 0.717) is 12.5 Å². The third-order valence-corrected chi connectivity index (χ3v) is 3.78. The molecule has 1 saturated heterocycles. The molecule has 1 heterocycles. The SMILES string of the molecule is CN(C)c1ccc(C(=O)N2CCC(CCN)C2)cc1. The Labute approximate surface area is 115 Å². The van der Waals surface area contributed by atoms with Crippen LogP contribution in [0.5, 0.6) is 0 Å². The predicted octanol–water partition coefficient (Wildman–Crippen LogP) is 1.56. The van der Waals surface area contributed by atoms with E-state index < -0.39 is 0 Å². The Hall–Kier alpha value is -1.55. The summed E-state index contributed by atoms with van der Waals surface area (Å²) in [4.78, 5) is 16.3. The van der Waals surface area contributed by atoms with Gasteiger partial charge >= 0.3 is 0 Å². The molecule has 0 bridgehead atoms. The van der Waals surface area contributed by atoms with Crippen molar-refractivity contribution in [3.63, 3.8) is 0 Å². The Morgan fingerprint density at radius 2 is 2.05 bits per heavy atom. The van der Waals surface area contributed by atoms with Gasteiger partial charge in [-0.05, 0) is 49.6 Å². The number of likely N-dealkylation sites (tertiary alicyclic amines) is 1. The average molecular weight is 261 g/mol. The van der Waals surface area contributed by atoms with Crippen molar-refractivity contribution >= 4 is 11.6 Å². The maximum absolute atomic E-state index is 12.4. The highest BCUT2D eigenvalue weighted by Gasteiger charge is 2.26. The number of hydrogen-bond acceptors (Lipinski definition) is 3. The lowest BCUT2D eigenvalue weighted by Gasteiger charge is -2.17. The fourth-order valence-corrected chi connectivity index (χ4v) is 2.57. The molecule has 1 aliphatic heterocycles. The van der Waals surface area contributed by atoms with E-state index in [2.05, 4.69) is 0 Å². The van der Waals surface area contributed by atoms with Gasteiger partial charge in [0.1, 0.15) is 0 Å². The maximum Gasteiger partial charge on any atom is 0.253 e. The van der Waals surface area contributed by atoms with Crippen LogP contribution in [-0.2, 0) is 0 Å². The number of anilines is 1. The summed E-state index contributed by atoms with van der Waals surface area (Å²) < 4.78 is 0. The molecule has 1 unspecified atom stereocenters. The first kappa shape index (κ1) is 13.9. The number of carbonyl (C=O) groups excluding carboxylic acids is 1. The van der Waals surface area contributed by atoms with Crippen LogP contribution in [-0.4, -0.2) is 44.5 Å². The van der Waals surface area contributed by atoms with Crippen LogP contribution in [0.3, 0.4) is 0 Å². The first-order chi connectivity index (χ1) is 9.11. The standard InChI is InChI=1S/C15H23N3O/c1-17(2)14-5-3-13(4-6-14)15(19)18-10-8-12(11-18)7-9-16/h3-6,12H,7-11,16H2,1-2H3. The van der Waals surface area contributed by atoms with Gasteiger partial charge in [0.05, 0.1) is 0 Å². The molecule has 1 fully saturated rings. The molecule has 4 nitrogen and oxygen atoms in total. The van der Waals surface area contributed by atoms with E-state index in [-0.39, 0.29) is 5.91 Å². The summed E-state index contributed by atoms with van der Waals surface area (Å²) in [7, 11) is 3.99. The van der Waals surface area contributed by atoms with E-state index in [1.54, 1.807) is 0 Å². The monoisotopic (exact) mass is 261 g/mol. The van der Waals surface area contributed by atoms with Crippen molar-refractivity contribution in [1.82, 2.24) is 4.90 Å². The largest absolute Gasteiger partial charge is 0.378 e. The number of rotatable bonds is 4. The van der Waals surface area contributed by atoms with Crippen molar-refractivity contribution in [2.75, 3.05) is 38.6 Å². The van der Waals surface area contributed by atoms with Gasteiger partial charge in [0.15, 0.2) is 0 Å². The zero-order valence-electron chi connectivity index (χ0n) is 11.8. The second-order valence-electron chi connectivity index (χ2n) is 5.42. The number of nitrogens with two attached hydrogens (primary N) is 1. The summed E-state index contributed by atoms with van der Waals surface area (Å²) >= 11 is 0. The van der Waals surface area contributed by atoms with Gasteiger partial charge in [0.25, 0.3) is 5.91 Å². The zero-order chi connectivity index (χ0) is 13.8. The molecule has 0 radical (unpaired) electrons. The Morgan fingerprint density at radius 1 is 1.37 bits per heavy atom. The lowest BCUT2D eigenvalue weighted by Crippen LogP contribution is -2.29. The number of hydrogen-bond donors (Lipinski definition) is 1. The Balaban J connectivity index is 2.00. The normalized spacial score (nSPS) is 18.7. The first-order valence-corrected chi connectivity index (χ1v) is 6.88. The summed E-state index contributed by atoms with van der Waals surface area (Å²) in [5.74, 6) is 0.722. The minimum absolute atomic E-state index is 0.143. The topological polar surface area (TPSA) is 49.6 Å². The second-order valence-corrected chi connectivity index (χ2v) is 5.42. The van der Waals surface area contributed by atoms with Crippen LogP contribution < -0.4 is 10.6 Å². The quantitative estimate of drug-likeness (QED) is 0.895. The summed E-state index contributed by atoms with van der Waals surface area (Å²) in [6.45, 7) is 2.43. The average Bonchev–Trinajstić information content (AvgIpc) is 2.87. The minimum Gasteiger partial charge on any atom is -0.378 e. The molecule has 0 aliphatic carbocycles. The molecule has 0 aromatic heterocycles. The second kappa shape index (κ2) is 6.06. The first-order valence-electron chi connectivity index (χ1n) is 6.88. The molecule has 1 aliphatic rings. The molecule has 2 rings (SSSR count). The summed E-state index contributed by atoms with van der Waals surface area (Å²) in [5, 5.41) is 0. The third kappa shape index (κ3) is 3.26. The molecule has 19 heavy (non-hydrogen) atoms. The van der Waals surface area contributed by atoms with Gasteiger partial charge < -0.3 is 15.5 Å². The van der Waals surface area contributed by atoms with Crippen LogP contribution in [0.15, 0.2) is 24.3 Å². The predicted molar refractivity (Wildman–Crippen MR) is 78.5 cm³/mol. The van der Waals surface area contributed by atoms with E-state index in [4.69, 9.17) is 5.73 Å². The van der Waals surface area contributed by atoms with Crippen molar-refractivity contribution in [1.29, 1.82) is 0 Å². The van der Waals surface area contributed by atoms with Crippen molar-refractivity contribution in [3.05, 3.63) is 29.8 Å². The van der Waals surface area contributed by atoms with Gasteiger partial charge in [-0.2, -0.15) is 0 Å². The van der Waals surface area contributed by atoms with Crippen LogP contribution in [0.1, 0.15) is 23.2 Å². The summed E-state index contributed by atoms with van der Waals surface area (Å²) in [5.41, 5.74) is 7.46. The molecule has 1 amide bonds. The number of nitrogens with zero attached hydrogens (tertiary/aromatic N) is 2. The molecule has 1 aromatic rings. The maximum atomic E-state index is 12.4. The van der Waals surface area contributed by atoms with E-state index in [1.807, 2.05) is 48.2 Å². The molecule has 4 heteroatoms. The minimum atomic E-state index is 0.143. The van der Waals surface area contributed by atoms with Crippen molar-refractivity contribution in [2.45, 2.75) is 12.8 Å². The fraction of sp³-hybridized carbons (Fsp3) is 0.533. The van der Waals surface area contributed by atoms with Crippen LogP contribution in [0.25, 0.3) is 0 Å². The Bertz CT molecular complexity index is 428. The van der Waals surface area contributed by atoms with E-state index >= 15 is 0 Å². The van der Waals surface area contributed by atoms with Crippen LogP contribution in [0.2, 0.25) is 0 Å². The van der Waals surface area contributed by atoms with Crippen molar-refractivity contribution in [2.24, 2.45) is 11.7 Å². The Morgan fingerprint density at radius 3 is 2.63 bits per heavy atom. The molecule has 1 atom stereocenters. The lowest BCUT2D eigenvalue weighted by atomic mass is 10.1. The number of benzene rings is 1. The van der Waals surface area contributed by atoms with Crippen molar-refractivity contribution < 1.29 is 4.79 Å². The number of amides is 1. The van der Waals surface area contributed by atoms with Gasteiger partial charge in [-0.1, -0.05) is 0 Å². The Kier molecular flexibility index (Phi) is 4.43. The molecular formula is C15H23N3O. The van der Waals surface area contributed by atoms with Crippen molar-refractivity contribution in [3.8, 4) is 0 Å². The van der Waals surface area contributed by atoms with Gasteiger partial charge in [0, 0.05) is 38.4 Å². The van der Waals surface area contributed by atoms with Crippen LogP contribution in [0, 0.1) is 5.92 Å². The van der Waals surface area contributed by atoms with Crippen LogP contribution >= 0.6 is 0 Å². The van der Waals surface area contributed by atoms with Gasteiger partial charge in [0.2, 0.25) is 0 Å². The molecular weight excluding hydrogens is 238 g/mol. The fourth-order valence-electron chi connectivity index (χ4n) is 2.57. The summed E-state index contributed by atoms with van der Waals surface area (Å²) in [6.07, 6.45) is 2.10. The molecule has 2 N–H and O–H groups in total. The van der Waals surface area contributed by atoms with E-state index in [1.165, 1.54) is 0 Å². The van der Waals surface area contributed by atoms with Gasteiger partial charge in [-0.15, -0.1) is 0 Å². The smallest absolute Gasteiger partial charge is 0.253 e.